The highest BCUT2D eigenvalue weighted by atomic mass is 19.4. The van der Waals surface area contributed by atoms with Crippen molar-refractivity contribution < 1.29 is 44.6 Å². The third-order valence-corrected chi connectivity index (χ3v) is 5.22. The molecule has 3 aromatic rings. The summed E-state index contributed by atoms with van der Waals surface area (Å²) in [4.78, 5) is 0. The van der Waals surface area contributed by atoms with Crippen LogP contribution in [0.4, 0.5) is 39.5 Å². The first-order valence-corrected chi connectivity index (χ1v) is 10.1. The zero-order valence-electron chi connectivity index (χ0n) is 17.5. The molecule has 0 amide bonds. The first kappa shape index (κ1) is 25.5. The van der Waals surface area contributed by atoms with Crippen LogP contribution in [0.25, 0.3) is 11.1 Å². The first-order valence-electron chi connectivity index (χ1n) is 10.1. The zero-order valence-corrected chi connectivity index (χ0v) is 17.5. The molecule has 0 N–H and O–H groups in total. The van der Waals surface area contributed by atoms with Crippen molar-refractivity contribution in [2.24, 2.45) is 0 Å². The first-order chi connectivity index (χ1) is 15.8. The summed E-state index contributed by atoms with van der Waals surface area (Å²) in [7, 11) is 0. The summed E-state index contributed by atoms with van der Waals surface area (Å²) in [6.45, 7) is 1.76. The molecule has 0 heterocycles. The molecule has 0 aliphatic carbocycles. The molecule has 3 aromatic carbocycles. The predicted octanol–water partition coefficient (Wildman–Crippen LogP) is 8.09. The van der Waals surface area contributed by atoms with Gasteiger partial charge >= 0.3 is 6.18 Å². The van der Waals surface area contributed by atoms with Crippen LogP contribution >= 0.6 is 0 Å². The van der Waals surface area contributed by atoms with Gasteiger partial charge in [-0.25, -0.2) is 26.3 Å². The molecule has 0 aromatic heterocycles. The minimum absolute atomic E-state index is 0.266. The topological polar surface area (TPSA) is 19.9 Å². The van der Waals surface area contributed by atoms with E-state index in [2.05, 4.69) is 0 Å². The van der Waals surface area contributed by atoms with E-state index >= 15 is 4.39 Å². The van der Waals surface area contributed by atoms with Crippen LogP contribution in [0.2, 0.25) is 0 Å². The fourth-order valence-electron chi connectivity index (χ4n) is 3.71. The molecule has 0 bridgehead atoms. The number of halogens is 9. The Labute approximate surface area is 188 Å². The molecule has 0 saturated heterocycles. The number of hydrogen-bond donors (Lipinski definition) is 0. The van der Waals surface area contributed by atoms with Crippen LogP contribution in [0, 0.1) is 34.9 Å². The molecule has 0 unspecified atom stereocenters. The molecule has 0 aliphatic rings. The van der Waals surface area contributed by atoms with E-state index in [4.69, 9.17) is 0 Å². The van der Waals surface area contributed by atoms with Gasteiger partial charge in [0.25, 0.3) is 0 Å². The predicted molar refractivity (Wildman–Crippen MR) is 105 cm³/mol. The molecule has 34 heavy (non-hydrogen) atoms. The highest BCUT2D eigenvalue weighted by Crippen LogP contribution is 2.39. The number of hydrogen-bond acceptors (Lipinski definition) is 0. The van der Waals surface area contributed by atoms with Crippen molar-refractivity contribution in [3.8, 4) is 16.9 Å². The number of benzene rings is 3. The molecular formula is C24H16F9O. The Morgan fingerprint density at radius 1 is 0.647 bits per heavy atom. The van der Waals surface area contributed by atoms with Gasteiger partial charge in [-0.2, -0.15) is 13.2 Å². The van der Waals surface area contributed by atoms with Crippen molar-refractivity contribution in [3.63, 3.8) is 0 Å². The van der Waals surface area contributed by atoms with Crippen molar-refractivity contribution in [1.82, 2.24) is 0 Å². The van der Waals surface area contributed by atoms with E-state index in [0.29, 0.717) is 31.0 Å². The maximum absolute atomic E-state index is 15.1. The molecule has 0 spiro atoms. The number of aryl methyl sites for hydroxylation is 2. The lowest BCUT2D eigenvalue weighted by Crippen LogP contribution is -2.12. The smallest absolute Gasteiger partial charge is 0.289 e. The summed E-state index contributed by atoms with van der Waals surface area (Å²) in [5, 5.41) is 12.2. The van der Waals surface area contributed by atoms with Crippen LogP contribution in [0.1, 0.15) is 35.6 Å². The van der Waals surface area contributed by atoms with Crippen molar-refractivity contribution in [1.29, 1.82) is 0 Å². The van der Waals surface area contributed by atoms with E-state index in [0.717, 1.165) is 12.1 Å². The van der Waals surface area contributed by atoms with Crippen LogP contribution < -0.4 is 0 Å². The summed E-state index contributed by atoms with van der Waals surface area (Å²) in [5.41, 5.74) is -5.05. The Morgan fingerprint density at radius 3 is 1.65 bits per heavy atom. The van der Waals surface area contributed by atoms with Crippen molar-refractivity contribution in [3.05, 3.63) is 87.5 Å². The van der Waals surface area contributed by atoms with E-state index in [1.165, 1.54) is 0 Å². The minimum Gasteiger partial charge on any atom is -0.289 e. The molecule has 0 saturated carbocycles. The van der Waals surface area contributed by atoms with Gasteiger partial charge in [-0.05, 0) is 54.7 Å². The van der Waals surface area contributed by atoms with E-state index < -0.39 is 81.9 Å². The summed E-state index contributed by atoms with van der Waals surface area (Å²) in [6, 6.07) is 2.92. The molecule has 1 nitrogen and oxygen atoms in total. The van der Waals surface area contributed by atoms with E-state index in [1.54, 1.807) is 6.92 Å². The third-order valence-electron chi connectivity index (χ3n) is 5.22. The van der Waals surface area contributed by atoms with E-state index in [1.807, 2.05) is 0 Å². The lowest BCUT2D eigenvalue weighted by atomic mass is 9.94. The molecule has 181 valence electrons. The van der Waals surface area contributed by atoms with Crippen LogP contribution in [-0.2, 0) is 30.5 Å². The van der Waals surface area contributed by atoms with Crippen molar-refractivity contribution in [2.45, 2.75) is 38.8 Å². The lowest BCUT2D eigenvalue weighted by Gasteiger charge is -2.14. The van der Waals surface area contributed by atoms with Gasteiger partial charge in [-0.3, -0.25) is 5.11 Å². The van der Waals surface area contributed by atoms with Crippen LogP contribution in [0.15, 0.2) is 30.3 Å². The summed E-state index contributed by atoms with van der Waals surface area (Å²) in [5.74, 6) is -10.5. The molecule has 1 radical (unpaired) electrons. The monoisotopic (exact) mass is 491 g/mol. The van der Waals surface area contributed by atoms with Gasteiger partial charge < -0.3 is 0 Å². The Kier molecular flexibility index (Phi) is 7.18. The molecule has 0 atom stereocenters. The van der Waals surface area contributed by atoms with Gasteiger partial charge in [0.1, 0.15) is 40.5 Å². The van der Waals surface area contributed by atoms with Gasteiger partial charge in [0.05, 0.1) is 11.1 Å². The number of rotatable bonds is 6. The fraction of sp³-hybridized carbons (Fsp3) is 0.250. The second kappa shape index (κ2) is 9.60. The van der Waals surface area contributed by atoms with Gasteiger partial charge in [0.15, 0.2) is 5.75 Å². The number of alkyl halides is 3. The quantitative estimate of drug-likeness (QED) is 0.311. The molecule has 10 heteroatoms. The van der Waals surface area contributed by atoms with Gasteiger partial charge in [-0.1, -0.05) is 13.3 Å². The van der Waals surface area contributed by atoms with E-state index in [-0.39, 0.29) is 11.1 Å². The minimum atomic E-state index is -5.29. The summed E-state index contributed by atoms with van der Waals surface area (Å²) in [6.07, 6.45) is -5.60. The molecule has 3 rings (SSSR count). The van der Waals surface area contributed by atoms with E-state index in [9.17, 15) is 40.2 Å². The van der Waals surface area contributed by atoms with Crippen molar-refractivity contribution in [2.75, 3.05) is 0 Å². The maximum Gasteiger partial charge on any atom is 0.422 e. The third kappa shape index (κ3) is 5.00. The average Bonchev–Trinajstić information content (AvgIpc) is 2.68. The molecule has 0 aliphatic heterocycles. The van der Waals surface area contributed by atoms with Crippen molar-refractivity contribution >= 4 is 0 Å². The molecular weight excluding hydrogens is 475 g/mol. The normalized spacial score (nSPS) is 11.8. The standard InChI is InChI=1S/C24H16F9O/c1-2-3-11-6-15(26)20(16(27)7-11)21-19(34)10-14(25)13(23(21)30)5-4-12-8-17(28)22(18(29)9-12)24(31,32)33/h6-10H,2-5H2,1H3. The lowest BCUT2D eigenvalue weighted by molar-refractivity contribution is -0.142. The van der Waals surface area contributed by atoms with Gasteiger partial charge in [0, 0.05) is 11.6 Å². The second-order valence-electron chi connectivity index (χ2n) is 7.64. The maximum atomic E-state index is 15.1. The second-order valence-corrected chi connectivity index (χ2v) is 7.64. The van der Waals surface area contributed by atoms with Crippen LogP contribution in [-0.4, -0.2) is 0 Å². The Bertz CT molecular complexity index is 1190. The van der Waals surface area contributed by atoms with Crippen LogP contribution in [0.5, 0.6) is 5.75 Å². The fourth-order valence-corrected chi connectivity index (χ4v) is 3.71. The largest absolute Gasteiger partial charge is 0.422 e. The van der Waals surface area contributed by atoms with Crippen LogP contribution in [0.3, 0.4) is 0 Å². The zero-order chi connectivity index (χ0) is 25.4. The van der Waals surface area contributed by atoms with Gasteiger partial charge in [0.2, 0.25) is 0 Å². The summed E-state index contributed by atoms with van der Waals surface area (Å²) >= 11 is 0. The SMILES string of the molecule is CCCc1cc(F)c(-c2c([O])cc(F)c(CCc3cc(F)c(C(F)(F)F)c(F)c3)c2F)c(F)c1. The Hall–Kier alpha value is -3.17. The molecule has 0 fully saturated rings. The Morgan fingerprint density at radius 2 is 1.15 bits per heavy atom. The average molecular weight is 491 g/mol. The highest BCUT2D eigenvalue weighted by molar-refractivity contribution is 5.73. The Balaban J connectivity index is 2.01. The highest BCUT2D eigenvalue weighted by Gasteiger charge is 2.38. The van der Waals surface area contributed by atoms with Gasteiger partial charge in [-0.15, -0.1) is 0 Å². The summed E-state index contributed by atoms with van der Waals surface area (Å²) < 4.78 is 124.